The predicted molar refractivity (Wildman–Crippen MR) is 114 cm³/mol. The third-order valence-corrected chi connectivity index (χ3v) is 4.73. The first-order chi connectivity index (χ1) is 13.8. The van der Waals surface area contributed by atoms with Gasteiger partial charge in [-0.2, -0.15) is 0 Å². The number of benzene rings is 1. The van der Waals surface area contributed by atoms with Gasteiger partial charge in [0.25, 0.3) is 0 Å². The van der Waals surface area contributed by atoms with Crippen LogP contribution in [0, 0.1) is 0 Å². The van der Waals surface area contributed by atoms with Crippen LogP contribution in [0.1, 0.15) is 25.3 Å². The third kappa shape index (κ3) is 7.94. The lowest BCUT2D eigenvalue weighted by Crippen LogP contribution is -2.40. The van der Waals surface area contributed by atoms with E-state index in [2.05, 4.69) is 28.5 Å². The van der Waals surface area contributed by atoms with Gasteiger partial charge < -0.3 is 24.8 Å². The number of hydrogen-bond donors (Lipinski definition) is 2. The molecule has 7 nitrogen and oxygen atoms in total. The fraction of sp³-hybridized carbons (Fsp3) is 0.667. The lowest BCUT2D eigenvalue weighted by atomic mass is 10.1. The van der Waals surface area contributed by atoms with Gasteiger partial charge in [0.15, 0.2) is 17.5 Å². The summed E-state index contributed by atoms with van der Waals surface area (Å²) in [6, 6.07) is 6.08. The molecule has 1 heterocycles. The van der Waals surface area contributed by atoms with Crippen LogP contribution >= 0.6 is 0 Å². The van der Waals surface area contributed by atoms with Gasteiger partial charge >= 0.3 is 0 Å². The SMILES string of the molecule is CCNC(=NCCCc1ccc(OC)c(OC)c1)NCCCN1CCOCC1. The summed E-state index contributed by atoms with van der Waals surface area (Å²) in [5.74, 6) is 2.44. The summed E-state index contributed by atoms with van der Waals surface area (Å²) in [7, 11) is 3.32. The number of aliphatic imine (C=N–C) groups is 1. The molecule has 2 N–H and O–H groups in total. The number of ether oxygens (including phenoxy) is 3. The molecule has 0 spiro atoms. The zero-order valence-electron chi connectivity index (χ0n) is 17.6. The zero-order chi connectivity index (χ0) is 20.0. The standard InChI is InChI=1S/C21H36N4O3/c1-4-22-21(24-11-6-12-25-13-15-28-16-14-25)23-10-5-7-18-8-9-19(26-2)20(17-18)27-3/h8-9,17H,4-7,10-16H2,1-3H3,(H2,22,23,24). The molecule has 158 valence electrons. The predicted octanol–water partition coefficient (Wildman–Crippen LogP) is 1.91. The summed E-state index contributed by atoms with van der Waals surface area (Å²) in [6.07, 6.45) is 3.05. The third-order valence-electron chi connectivity index (χ3n) is 4.73. The highest BCUT2D eigenvalue weighted by molar-refractivity contribution is 5.79. The van der Waals surface area contributed by atoms with E-state index in [-0.39, 0.29) is 0 Å². The van der Waals surface area contributed by atoms with Crippen molar-refractivity contribution >= 4 is 5.96 Å². The second-order valence-corrected chi connectivity index (χ2v) is 6.79. The minimum atomic E-state index is 0.764. The molecular formula is C21H36N4O3. The van der Waals surface area contributed by atoms with Gasteiger partial charge in [0.2, 0.25) is 0 Å². The maximum Gasteiger partial charge on any atom is 0.191 e. The highest BCUT2D eigenvalue weighted by Gasteiger charge is 2.09. The number of methoxy groups -OCH3 is 2. The van der Waals surface area contributed by atoms with Crippen LogP contribution in [-0.4, -0.2) is 77.6 Å². The highest BCUT2D eigenvalue weighted by atomic mass is 16.5. The molecule has 1 aromatic carbocycles. The Balaban J connectivity index is 1.69. The van der Waals surface area contributed by atoms with E-state index in [1.54, 1.807) is 14.2 Å². The highest BCUT2D eigenvalue weighted by Crippen LogP contribution is 2.27. The summed E-state index contributed by atoms with van der Waals surface area (Å²) in [4.78, 5) is 7.15. The van der Waals surface area contributed by atoms with Crippen molar-refractivity contribution in [2.45, 2.75) is 26.2 Å². The molecule has 1 aliphatic heterocycles. The first kappa shape index (κ1) is 22.3. The van der Waals surface area contributed by atoms with Gasteiger partial charge in [-0.3, -0.25) is 9.89 Å². The molecule has 0 amide bonds. The summed E-state index contributed by atoms with van der Waals surface area (Å²) in [6.45, 7) is 9.59. The van der Waals surface area contributed by atoms with Crippen LogP contribution in [0.4, 0.5) is 0 Å². The number of nitrogens with zero attached hydrogens (tertiary/aromatic N) is 2. The maximum absolute atomic E-state index is 5.39. The van der Waals surface area contributed by atoms with Crippen LogP contribution in [-0.2, 0) is 11.2 Å². The number of nitrogens with one attached hydrogen (secondary N) is 2. The Labute approximate surface area is 169 Å². The number of rotatable bonds is 11. The van der Waals surface area contributed by atoms with Gasteiger partial charge in [-0.15, -0.1) is 0 Å². The molecular weight excluding hydrogens is 356 g/mol. The Kier molecular flexibility index (Phi) is 10.5. The van der Waals surface area contributed by atoms with Crippen molar-refractivity contribution in [3.8, 4) is 11.5 Å². The van der Waals surface area contributed by atoms with Crippen LogP contribution in [0.5, 0.6) is 11.5 Å². The summed E-state index contributed by atoms with van der Waals surface area (Å²) >= 11 is 0. The number of aryl methyl sites for hydroxylation is 1. The zero-order valence-corrected chi connectivity index (χ0v) is 17.6. The second-order valence-electron chi connectivity index (χ2n) is 6.79. The van der Waals surface area contributed by atoms with Gasteiger partial charge in [-0.1, -0.05) is 6.07 Å². The van der Waals surface area contributed by atoms with Crippen LogP contribution in [0.3, 0.4) is 0 Å². The van der Waals surface area contributed by atoms with Crippen molar-refractivity contribution in [3.05, 3.63) is 23.8 Å². The van der Waals surface area contributed by atoms with E-state index in [0.29, 0.717) is 0 Å². The van der Waals surface area contributed by atoms with Gasteiger partial charge in [0, 0.05) is 32.7 Å². The molecule has 1 aliphatic rings. The monoisotopic (exact) mass is 392 g/mol. The number of hydrogen-bond acceptors (Lipinski definition) is 5. The smallest absolute Gasteiger partial charge is 0.191 e. The average molecular weight is 393 g/mol. The molecule has 2 rings (SSSR count). The Morgan fingerprint density at radius 1 is 1.11 bits per heavy atom. The maximum atomic E-state index is 5.39. The van der Waals surface area contributed by atoms with Crippen molar-refractivity contribution in [2.75, 3.05) is 66.7 Å². The van der Waals surface area contributed by atoms with Gasteiger partial charge in [-0.25, -0.2) is 0 Å². The first-order valence-corrected chi connectivity index (χ1v) is 10.3. The Morgan fingerprint density at radius 2 is 1.89 bits per heavy atom. The van der Waals surface area contributed by atoms with Crippen molar-refractivity contribution < 1.29 is 14.2 Å². The summed E-state index contributed by atoms with van der Waals surface area (Å²) in [5.41, 5.74) is 1.23. The molecule has 28 heavy (non-hydrogen) atoms. The van der Waals surface area contributed by atoms with E-state index in [1.807, 2.05) is 12.1 Å². The second kappa shape index (κ2) is 13.2. The average Bonchev–Trinajstić information content (AvgIpc) is 2.74. The van der Waals surface area contributed by atoms with E-state index in [0.717, 1.165) is 89.2 Å². The topological polar surface area (TPSA) is 67.4 Å². The Morgan fingerprint density at radius 3 is 2.61 bits per heavy atom. The molecule has 0 aliphatic carbocycles. The molecule has 7 heteroatoms. The lowest BCUT2D eigenvalue weighted by molar-refractivity contribution is 0.0376. The molecule has 0 radical (unpaired) electrons. The van der Waals surface area contributed by atoms with Crippen molar-refractivity contribution in [3.63, 3.8) is 0 Å². The van der Waals surface area contributed by atoms with Crippen LogP contribution in [0.25, 0.3) is 0 Å². The van der Waals surface area contributed by atoms with Gasteiger partial charge in [-0.05, 0) is 50.4 Å². The quantitative estimate of drug-likeness (QED) is 0.341. The van der Waals surface area contributed by atoms with E-state index < -0.39 is 0 Å². The van der Waals surface area contributed by atoms with E-state index in [1.165, 1.54) is 5.56 Å². The number of morpholine rings is 1. The van der Waals surface area contributed by atoms with Gasteiger partial charge in [0.1, 0.15) is 0 Å². The first-order valence-electron chi connectivity index (χ1n) is 10.3. The van der Waals surface area contributed by atoms with Crippen molar-refractivity contribution in [1.29, 1.82) is 0 Å². The molecule has 1 fully saturated rings. The van der Waals surface area contributed by atoms with Crippen molar-refractivity contribution in [2.24, 2.45) is 4.99 Å². The molecule has 0 atom stereocenters. The molecule has 1 aromatic rings. The normalized spacial score (nSPS) is 15.3. The van der Waals surface area contributed by atoms with Gasteiger partial charge in [0.05, 0.1) is 27.4 Å². The van der Waals surface area contributed by atoms with Crippen molar-refractivity contribution in [1.82, 2.24) is 15.5 Å². The fourth-order valence-corrected chi connectivity index (χ4v) is 3.19. The Hall–Kier alpha value is -1.99. The summed E-state index contributed by atoms with van der Waals surface area (Å²) in [5, 5.41) is 6.76. The molecule has 0 aromatic heterocycles. The largest absolute Gasteiger partial charge is 0.493 e. The summed E-state index contributed by atoms with van der Waals surface area (Å²) < 4.78 is 16.0. The fourth-order valence-electron chi connectivity index (χ4n) is 3.19. The minimum Gasteiger partial charge on any atom is -0.493 e. The molecule has 1 saturated heterocycles. The van der Waals surface area contributed by atoms with E-state index in [4.69, 9.17) is 19.2 Å². The van der Waals surface area contributed by atoms with Crippen LogP contribution in [0.15, 0.2) is 23.2 Å². The Bertz CT molecular complexity index is 589. The molecule has 0 saturated carbocycles. The molecule has 0 unspecified atom stereocenters. The van der Waals surface area contributed by atoms with E-state index in [9.17, 15) is 0 Å². The van der Waals surface area contributed by atoms with Crippen LogP contribution < -0.4 is 20.1 Å². The minimum absolute atomic E-state index is 0.764. The lowest BCUT2D eigenvalue weighted by Gasteiger charge is -2.26. The van der Waals surface area contributed by atoms with E-state index >= 15 is 0 Å². The molecule has 0 bridgehead atoms. The number of guanidine groups is 1. The van der Waals surface area contributed by atoms with Crippen LogP contribution in [0.2, 0.25) is 0 Å².